The fourth-order valence-electron chi connectivity index (χ4n) is 1.39. The zero-order valence-electron chi connectivity index (χ0n) is 8.36. The Kier molecular flexibility index (Phi) is 3.59. The van der Waals surface area contributed by atoms with E-state index < -0.39 is 10.7 Å². The van der Waals surface area contributed by atoms with Crippen molar-refractivity contribution in [3.8, 4) is 6.07 Å². The molecular formula is C10H7ClN2O3. The van der Waals surface area contributed by atoms with Gasteiger partial charge >= 0.3 is 0 Å². The van der Waals surface area contributed by atoms with E-state index in [0.717, 1.165) is 6.07 Å². The van der Waals surface area contributed by atoms with Crippen LogP contribution in [0.5, 0.6) is 0 Å². The number of alkyl halides is 1. The molecule has 0 spiro atoms. The van der Waals surface area contributed by atoms with Gasteiger partial charge in [0.2, 0.25) is 0 Å². The van der Waals surface area contributed by atoms with E-state index in [1.165, 1.54) is 13.0 Å². The van der Waals surface area contributed by atoms with Crippen molar-refractivity contribution < 1.29 is 9.72 Å². The number of halogens is 1. The first-order chi connectivity index (χ1) is 7.52. The summed E-state index contributed by atoms with van der Waals surface area (Å²) in [6.07, 6.45) is 0. The molecule has 1 aromatic carbocycles. The summed E-state index contributed by atoms with van der Waals surface area (Å²) in [5, 5.41) is 19.5. The highest BCUT2D eigenvalue weighted by Crippen LogP contribution is 2.25. The molecule has 6 heteroatoms. The van der Waals surface area contributed by atoms with E-state index in [9.17, 15) is 14.9 Å². The quantitative estimate of drug-likeness (QED) is 0.350. The lowest BCUT2D eigenvalue weighted by molar-refractivity contribution is -0.385. The number of benzene rings is 1. The zero-order valence-corrected chi connectivity index (χ0v) is 9.11. The second-order valence-corrected chi connectivity index (χ2v) is 3.33. The Hall–Kier alpha value is -1.93. The maximum atomic E-state index is 11.5. The van der Waals surface area contributed by atoms with Crippen molar-refractivity contribution in [3.63, 3.8) is 0 Å². The average Bonchev–Trinajstić information content (AvgIpc) is 2.27. The Morgan fingerprint density at radius 3 is 2.69 bits per heavy atom. The molecule has 0 radical (unpaired) electrons. The predicted molar refractivity (Wildman–Crippen MR) is 57.6 cm³/mol. The maximum absolute atomic E-state index is 11.5. The number of hydrogen-bond acceptors (Lipinski definition) is 4. The highest BCUT2D eigenvalue weighted by Gasteiger charge is 2.23. The molecule has 0 heterocycles. The minimum Gasteiger partial charge on any atom is -0.293 e. The van der Waals surface area contributed by atoms with Gasteiger partial charge in [0.25, 0.3) is 5.69 Å². The lowest BCUT2D eigenvalue weighted by atomic mass is 9.98. The number of ketones is 1. The van der Waals surface area contributed by atoms with Crippen LogP contribution in [-0.4, -0.2) is 16.6 Å². The molecule has 1 rings (SSSR count). The highest BCUT2D eigenvalue weighted by molar-refractivity contribution is 6.31. The predicted octanol–water partition coefficient (Wildman–Crippen LogP) is 2.20. The van der Waals surface area contributed by atoms with Crippen molar-refractivity contribution in [2.24, 2.45) is 0 Å². The van der Waals surface area contributed by atoms with Gasteiger partial charge in [0.05, 0.1) is 22.4 Å². The second-order valence-electron chi connectivity index (χ2n) is 3.06. The van der Waals surface area contributed by atoms with Crippen LogP contribution >= 0.6 is 11.6 Å². The van der Waals surface area contributed by atoms with Gasteiger partial charge in [-0.15, -0.1) is 11.6 Å². The smallest absolute Gasteiger partial charge is 0.280 e. The third-order valence-electron chi connectivity index (χ3n) is 2.16. The van der Waals surface area contributed by atoms with Crippen molar-refractivity contribution in [2.45, 2.75) is 6.92 Å². The zero-order chi connectivity index (χ0) is 12.3. The summed E-state index contributed by atoms with van der Waals surface area (Å²) in [6, 6.07) is 4.32. The third-order valence-corrected chi connectivity index (χ3v) is 2.40. The number of nitro groups is 1. The first-order valence-corrected chi connectivity index (χ1v) is 4.83. The van der Waals surface area contributed by atoms with E-state index in [2.05, 4.69) is 0 Å². The van der Waals surface area contributed by atoms with Gasteiger partial charge in [0.15, 0.2) is 5.78 Å². The van der Waals surface area contributed by atoms with Crippen LogP contribution in [0.1, 0.15) is 21.5 Å². The van der Waals surface area contributed by atoms with Crippen LogP contribution in [0, 0.1) is 28.4 Å². The van der Waals surface area contributed by atoms with Gasteiger partial charge in [-0.1, -0.05) is 0 Å². The molecule has 16 heavy (non-hydrogen) atoms. The first-order valence-electron chi connectivity index (χ1n) is 4.30. The largest absolute Gasteiger partial charge is 0.293 e. The first kappa shape index (κ1) is 12.1. The molecule has 0 N–H and O–H groups in total. The van der Waals surface area contributed by atoms with E-state index in [1.54, 1.807) is 0 Å². The monoisotopic (exact) mass is 238 g/mol. The van der Waals surface area contributed by atoms with Gasteiger partial charge in [-0.05, 0) is 18.6 Å². The molecule has 0 aliphatic carbocycles. The molecular weight excluding hydrogens is 232 g/mol. The van der Waals surface area contributed by atoms with Crippen LogP contribution in [0.15, 0.2) is 12.1 Å². The maximum Gasteiger partial charge on any atom is 0.280 e. The van der Waals surface area contributed by atoms with E-state index in [-0.39, 0.29) is 22.7 Å². The van der Waals surface area contributed by atoms with E-state index in [0.29, 0.717) is 5.56 Å². The van der Waals surface area contributed by atoms with Crippen LogP contribution < -0.4 is 0 Å². The fourth-order valence-corrected chi connectivity index (χ4v) is 1.52. The van der Waals surface area contributed by atoms with Crippen LogP contribution in [0.25, 0.3) is 0 Å². The SMILES string of the molecule is Cc1c(C#N)ccc([N+](=O)[O-])c1C(=O)CCl. The van der Waals surface area contributed by atoms with Gasteiger partial charge < -0.3 is 0 Å². The Morgan fingerprint density at radius 1 is 1.62 bits per heavy atom. The summed E-state index contributed by atoms with van der Waals surface area (Å²) in [5.74, 6) is -0.903. The molecule has 0 fully saturated rings. The molecule has 0 aliphatic heterocycles. The standard InChI is InChI=1S/C10H7ClN2O3/c1-6-7(5-12)2-3-8(13(15)16)10(6)9(14)4-11/h2-3H,4H2,1H3. The van der Waals surface area contributed by atoms with E-state index in [1.807, 2.05) is 6.07 Å². The van der Waals surface area contributed by atoms with E-state index in [4.69, 9.17) is 16.9 Å². The summed E-state index contributed by atoms with van der Waals surface area (Å²) >= 11 is 5.38. The van der Waals surface area contributed by atoms with Crippen LogP contribution in [-0.2, 0) is 0 Å². The molecule has 0 bridgehead atoms. The fraction of sp³-hybridized carbons (Fsp3) is 0.200. The minimum atomic E-state index is -0.659. The molecule has 82 valence electrons. The minimum absolute atomic E-state index is 0.0842. The van der Waals surface area contributed by atoms with Crippen molar-refractivity contribution >= 4 is 23.1 Å². The number of nitriles is 1. The Morgan fingerprint density at radius 2 is 2.25 bits per heavy atom. The molecule has 0 saturated carbocycles. The Labute approximate surface area is 96.4 Å². The Bertz CT molecular complexity index is 506. The molecule has 0 saturated heterocycles. The summed E-state index contributed by atoms with van der Waals surface area (Å²) in [5.41, 5.74) is 0.127. The number of hydrogen-bond donors (Lipinski definition) is 0. The van der Waals surface area contributed by atoms with Crippen LogP contribution in [0.4, 0.5) is 5.69 Å². The lowest BCUT2D eigenvalue weighted by Crippen LogP contribution is -2.08. The molecule has 0 atom stereocenters. The summed E-state index contributed by atoms with van der Waals surface area (Å²) in [7, 11) is 0. The summed E-state index contributed by atoms with van der Waals surface area (Å²) < 4.78 is 0. The van der Waals surface area contributed by atoms with Crippen molar-refractivity contribution in [1.82, 2.24) is 0 Å². The number of rotatable bonds is 3. The van der Waals surface area contributed by atoms with E-state index >= 15 is 0 Å². The second kappa shape index (κ2) is 4.73. The Balaban J connectivity index is 3.56. The van der Waals surface area contributed by atoms with Gasteiger partial charge in [0, 0.05) is 6.07 Å². The van der Waals surface area contributed by atoms with Crippen molar-refractivity contribution in [3.05, 3.63) is 38.9 Å². The molecule has 1 aromatic rings. The highest BCUT2D eigenvalue weighted by atomic mass is 35.5. The number of Topliss-reactive ketones (excluding diaryl/α,β-unsaturated/α-hetero) is 1. The van der Waals surface area contributed by atoms with Gasteiger partial charge in [-0.3, -0.25) is 14.9 Å². The summed E-state index contributed by atoms with van der Waals surface area (Å²) in [4.78, 5) is 21.5. The average molecular weight is 239 g/mol. The van der Waals surface area contributed by atoms with Gasteiger partial charge in [-0.2, -0.15) is 5.26 Å². The van der Waals surface area contributed by atoms with Crippen molar-refractivity contribution in [2.75, 3.05) is 5.88 Å². The molecule has 5 nitrogen and oxygen atoms in total. The normalized spacial score (nSPS) is 9.56. The number of carbonyl (C=O) groups is 1. The lowest BCUT2D eigenvalue weighted by Gasteiger charge is -2.05. The van der Waals surface area contributed by atoms with Gasteiger partial charge in [0.1, 0.15) is 5.56 Å². The molecule has 0 aromatic heterocycles. The van der Waals surface area contributed by atoms with Crippen LogP contribution in [0.2, 0.25) is 0 Å². The number of nitro benzene ring substituents is 1. The third kappa shape index (κ3) is 2.02. The van der Waals surface area contributed by atoms with Crippen LogP contribution in [0.3, 0.4) is 0 Å². The number of nitrogens with zero attached hydrogens (tertiary/aromatic N) is 2. The summed E-state index contributed by atoms with van der Waals surface area (Å²) in [6.45, 7) is 1.49. The van der Waals surface area contributed by atoms with Crippen molar-refractivity contribution in [1.29, 1.82) is 5.26 Å². The number of carbonyl (C=O) groups excluding carboxylic acids is 1. The molecule has 0 unspecified atom stereocenters. The topological polar surface area (TPSA) is 84.0 Å². The molecule has 0 amide bonds. The van der Waals surface area contributed by atoms with Gasteiger partial charge in [-0.25, -0.2) is 0 Å². The molecule has 0 aliphatic rings.